The number of H-pyrrole nitrogens is 1. The number of hydrogen-bond donors (Lipinski definition) is 9. The predicted molar refractivity (Wildman–Crippen MR) is 494 cm³/mol. The zero-order chi connectivity index (χ0) is 90.9. The van der Waals surface area contributed by atoms with Gasteiger partial charge < -0.3 is 66.8 Å². The minimum absolute atomic E-state index is 0. The van der Waals surface area contributed by atoms with Gasteiger partial charge in [0.05, 0.1) is 80.6 Å². The van der Waals surface area contributed by atoms with E-state index in [1.54, 1.807) is 72.4 Å². The van der Waals surface area contributed by atoms with Gasteiger partial charge in [-0.3, -0.25) is 38.4 Å². The SMILES string of the molecule is C.Cc1ncsc1-c1ccc([C@]2(C)N=C(C3C[C@@H](O)CN3C(=O)[C@@H](NC(=O)CCCCCCCCCCNC(=O)c3cc4c(cc3CS(C)(=O)=O)-c3cn(C)c(=O)c5[nH]cc(c35)CN4c3ncc(F)cc3F)C(C)(C)C)NC2=O)cc1.Cc1ncsc1-c1ccc([C@]2(C)N=C([C@@H]3C[C@@H](O)CN3C(=O)[C@@H](NC(=O)CCCCCCCCCCN)C(C)(C)C)NC2=O)cc1. The van der Waals surface area contributed by atoms with Gasteiger partial charge >= 0.3 is 0 Å². The average molecular weight is 1800 g/mol. The molecule has 8 atom stereocenters. The number of aliphatic imine (C=N–C) groups is 2. The molecule has 0 bridgehead atoms. The Kier molecular flexibility index (Phi) is 31.7. The summed E-state index contributed by atoms with van der Waals surface area (Å²) in [5.41, 5.74) is 13.0. The Hall–Kier alpha value is -10.3. The molecule has 13 rings (SSSR count). The van der Waals surface area contributed by atoms with Crippen LogP contribution in [0.5, 0.6) is 0 Å². The van der Waals surface area contributed by atoms with Crippen LogP contribution in [0.2, 0.25) is 0 Å². The van der Waals surface area contributed by atoms with Crippen molar-refractivity contribution in [2.75, 3.05) is 37.3 Å². The van der Waals surface area contributed by atoms with E-state index in [4.69, 9.17) is 15.7 Å². The number of aryl methyl sites for hydroxylation is 3. The van der Waals surface area contributed by atoms with Crippen molar-refractivity contribution in [3.63, 3.8) is 0 Å². The monoisotopic (exact) mass is 1800 g/mol. The van der Waals surface area contributed by atoms with Crippen molar-refractivity contribution < 1.29 is 61.0 Å². The quantitative estimate of drug-likeness (QED) is 0.0167. The summed E-state index contributed by atoms with van der Waals surface area (Å²) >= 11 is 3.11. The number of fused-ring (bicyclic) bond motifs is 2. The third kappa shape index (κ3) is 22.9. The second-order valence-electron chi connectivity index (χ2n) is 36.6. The van der Waals surface area contributed by atoms with Gasteiger partial charge in [-0.2, -0.15) is 0 Å². The summed E-state index contributed by atoms with van der Waals surface area (Å²) in [4.78, 5) is 141. The second kappa shape index (κ2) is 41.4. The van der Waals surface area contributed by atoms with E-state index in [1.165, 1.54) is 39.7 Å². The first-order chi connectivity index (χ1) is 59.8. The number of rotatable bonds is 35. The first-order valence-corrected chi connectivity index (χ1v) is 47.6. The van der Waals surface area contributed by atoms with E-state index in [-0.39, 0.29) is 104 Å². The average Bonchev–Trinajstić information content (AvgIpc) is 1.60. The molecule has 10 N–H and O–H groups in total. The fraction of sp³-hybridized carbons (Fsp3) is 0.521. The number of pyridine rings is 2. The molecule has 127 heavy (non-hydrogen) atoms. The van der Waals surface area contributed by atoms with E-state index < -0.39 is 91.4 Å². The van der Waals surface area contributed by atoms with Gasteiger partial charge in [0.15, 0.2) is 32.6 Å². The number of aromatic amines is 1. The Morgan fingerprint density at radius 1 is 0.646 bits per heavy atom. The Morgan fingerprint density at radius 3 is 1.54 bits per heavy atom. The van der Waals surface area contributed by atoms with E-state index >= 15 is 4.39 Å². The van der Waals surface area contributed by atoms with Gasteiger partial charge in [-0.15, -0.1) is 22.7 Å². The van der Waals surface area contributed by atoms with Crippen molar-refractivity contribution in [2.45, 2.75) is 265 Å². The number of halogens is 2. The molecular weight excluding hydrogens is 1680 g/mol. The molecule has 0 aliphatic carbocycles. The summed E-state index contributed by atoms with van der Waals surface area (Å²) in [6, 6.07) is 16.2. The summed E-state index contributed by atoms with van der Waals surface area (Å²) in [6.45, 7) is 20.0. The highest BCUT2D eigenvalue weighted by Crippen LogP contribution is 2.46. The number of amides is 7. The number of anilines is 2. The Morgan fingerprint density at radius 2 is 1.10 bits per heavy atom. The predicted octanol–water partition coefficient (Wildman–Crippen LogP) is 13.5. The van der Waals surface area contributed by atoms with Crippen LogP contribution in [0, 0.1) is 36.3 Å². The molecule has 28 nitrogen and oxygen atoms in total. The molecule has 0 saturated carbocycles. The number of benzene rings is 3. The molecule has 8 aromatic rings. The largest absolute Gasteiger partial charge is 0.391 e. The number of carbonyl (C=O) groups is 7. The molecule has 10 heterocycles. The highest BCUT2D eigenvalue weighted by molar-refractivity contribution is 7.89. The standard InChI is InChI=1S/C58H68F2N10O8S2.C35H52N6O4S.CH4/c1-33-49(79-32-64-33)34-17-19-37(20-18-34)58(5)56(76)66-51(67-58)45-24-39(71)29-70(45)55(75)50(57(2,3)4)65-46(72)16-14-12-10-8-9-11-13-15-21-61-53(73)40-25-44-41(22-35(40)31-80(7,77)78)42-30-68(6)54(74)48-47(42)36(26-62-48)28-69(44)52-43(60)23-38(59)27-63-52;1-23-29(46-22-37-23)24-15-17-25(18-16-24)35(5)33(45)39-31(40-35)27-20-26(42)21-41(27)32(44)30(34(2,3)4)38-28(43)14-12-10-8-6-7-9-11-13-19-36;/h17-20,22-23,25-27,30,32,39,45,50,62,71H,8-16,21,24,28-29,31H2,1-7H3,(H,61,73)(H,65,72)(H,66,67,76);15-18,22,26-27,30,42H,6-14,19-21,36H2,1-5H3,(H,38,43)(H,39,40,45);1H4/t39-,45?,50-,58+;26-,27+,30-,35+;/m11./s1. The Labute approximate surface area is 750 Å². The Bertz CT molecular complexity index is 5580. The van der Waals surface area contributed by atoms with Crippen molar-refractivity contribution in [1.29, 1.82) is 0 Å². The number of likely N-dealkylation sites (tertiary alicyclic amines) is 2. The molecule has 33 heteroatoms. The van der Waals surface area contributed by atoms with Crippen LogP contribution >= 0.6 is 22.7 Å². The number of sulfone groups is 1. The number of thiazole rings is 2. The lowest BCUT2D eigenvalue weighted by Crippen LogP contribution is -2.57. The fourth-order valence-electron chi connectivity index (χ4n) is 17.4. The van der Waals surface area contributed by atoms with E-state index in [1.807, 2.05) is 109 Å². The smallest absolute Gasteiger partial charge is 0.274 e. The minimum atomic E-state index is -3.67. The molecule has 684 valence electrons. The molecule has 3 aromatic carbocycles. The van der Waals surface area contributed by atoms with Crippen molar-refractivity contribution in [2.24, 2.45) is 33.6 Å². The van der Waals surface area contributed by atoms with Crippen molar-refractivity contribution in [3.8, 4) is 32.0 Å². The summed E-state index contributed by atoms with van der Waals surface area (Å²) in [6.07, 6.45) is 19.8. The Balaban J connectivity index is 0.000000283. The molecule has 5 aromatic heterocycles. The van der Waals surface area contributed by atoms with E-state index in [0.717, 1.165) is 127 Å². The van der Waals surface area contributed by atoms with Crippen LogP contribution in [0.15, 0.2) is 111 Å². The van der Waals surface area contributed by atoms with Gasteiger partial charge in [-0.1, -0.05) is 175 Å². The molecule has 0 radical (unpaired) electrons. The first-order valence-electron chi connectivity index (χ1n) is 43.8. The first kappa shape index (κ1) is 97.3. The number of unbranched alkanes of at least 4 members (excludes halogenated alkanes) is 14. The zero-order valence-electron chi connectivity index (χ0n) is 74.1. The maximum atomic E-state index is 15.6. The van der Waals surface area contributed by atoms with Gasteiger partial charge in [0, 0.05) is 99.2 Å². The molecule has 1 unspecified atom stereocenters. The fourth-order valence-corrected chi connectivity index (χ4v) is 19.8. The van der Waals surface area contributed by atoms with E-state index in [2.05, 4.69) is 46.5 Å². The second-order valence-corrected chi connectivity index (χ2v) is 40.5. The number of β-amino-alcohol motifs (C(OH)–C–C–N with tert-alkyl or cyclic N) is 2. The number of carbonyl (C=O) groups excluding carboxylic acids is 7. The van der Waals surface area contributed by atoms with Crippen LogP contribution in [-0.4, -0.2) is 175 Å². The number of hydrogen-bond acceptors (Lipinski definition) is 21. The number of amidine groups is 2. The lowest BCUT2D eigenvalue weighted by atomic mass is 9.85. The van der Waals surface area contributed by atoms with Gasteiger partial charge in [0.2, 0.25) is 23.6 Å². The lowest BCUT2D eigenvalue weighted by molar-refractivity contribution is -0.139. The van der Waals surface area contributed by atoms with Crippen LogP contribution in [-0.2, 0) is 69.0 Å². The van der Waals surface area contributed by atoms with Crippen LogP contribution in [0.1, 0.15) is 235 Å². The normalized spacial score (nSPS) is 19.6. The number of aromatic nitrogens is 5. The topological polar surface area (TPSA) is 391 Å². The molecule has 5 aliphatic rings. The summed E-state index contributed by atoms with van der Waals surface area (Å²) in [5.74, 6) is -4.03. The van der Waals surface area contributed by atoms with Crippen LogP contribution in [0.25, 0.3) is 42.9 Å². The maximum absolute atomic E-state index is 15.6. The van der Waals surface area contributed by atoms with Crippen molar-refractivity contribution in [3.05, 3.63) is 158 Å². The van der Waals surface area contributed by atoms with Crippen LogP contribution < -0.4 is 42.8 Å². The van der Waals surface area contributed by atoms with Gasteiger partial charge in [0.25, 0.3) is 23.3 Å². The molecule has 7 amide bonds. The highest BCUT2D eigenvalue weighted by atomic mass is 32.2. The number of nitrogens with zero attached hydrogens (tertiary/aromatic N) is 9. The molecule has 0 spiro atoms. The lowest BCUT2D eigenvalue weighted by Gasteiger charge is -2.35. The molecule has 2 saturated heterocycles. The molecule has 5 aliphatic heterocycles. The summed E-state index contributed by atoms with van der Waals surface area (Å²) in [7, 11) is -2.09. The molecule has 2 fully saturated rings. The number of aliphatic hydroxyl groups excluding tert-OH is 2. The molecular formula is C94H124F2N16O12S3. The third-order valence-electron chi connectivity index (χ3n) is 24.5. The summed E-state index contributed by atoms with van der Waals surface area (Å²) in [5, 5.41) is 36.9. The van der Waals surface area contributed by atoms with E-state index in [9.17, 15) is 61.4 Å². The van der Waals surface area contributed by atoms with E-state index in [0.29, 0.717) is 82.4 Å². The van der Waals surface area contributed by atoms with Gasteiger partial charge in [-0.25, -0.2) is 42.1 Å². The van der Waals surface area contributed by atoms with Gasteiger partial charge in [-0.05, 0) is 116 Å². The summed E-state index contributed by atoms with van der Waals surface area (Å²) < 4.78 is 56.7. The van der Waals surface area contributed by atoms with Crippen molar-refractivity contribution in [1.82, 2.24) is 60.9 Å². The van der Waals surface area contributed by atoms with Crippen LogP contribution in [0.3, 0.4) is 0 Å². The minimum Gasteiger partial charge on any atom is -0.391 e. The number of aliphatic hydroxyl groups is 2. The number of nitrogens with one attached hydrogen (secondary N) is 6. The van der Waals surface area contributed by atoms with Gasteiger partial charge in [0.1, 0.15) is 35.1 Å². The van der Waals surface area contributed by atoms with Crippen LogP contribution in [0.4, 0.5) is 20.3 Å². The zero-order valence-corrected chi connectivity index (χ0v) is 76.6. The maximum Gasteiger partial charge on any atom is 0.274 e. The third-order valence-corrected chi connectivity index (χ3v) is 27.2. The van der Waals surface area contributed by atoms with Crippen molar-refractivity contribution >= 4 is 108 Å². The highest BCUT2D eigenvalue weighted by Gasteiger charge is 2.51. The number of nitrogens with two attached hydrogens (primary N) is 1.